The van der Waals surface area contributed by atoms with E-state index in [4.69, 9.17) is 17.3 Å². The first-order valence-electron chi connectivity index (χ1n) is 16.4. The molecule has 1 atom stereocenters. The van der Waals surface area contributed by atoms with Crippen LogP contribution in [0.4, 0.5) is 0 Å². The summed E-state index contributed by atoms with van der Waals surface area (Å²) in [6, 6.07) is 7.66. The van der Waals surface area contributed by atoms with Crippen LogP contribution in [0.1, 0.15) is 97.0 Å². The van der Waals surface area contributed by atoms with Crippen molar-refractivity contribution in [1.29, 1.82) is 0 Å². The van der Waals surface area contributed by atoms with Gasteiger partial charge in [-0.2, -0.15) is 5.10 Å². The Bertz CT molecular complexity index is 1200. The molecule has 0 spiro atoms. The van der Waals surface area contributed by atoms with Crippen LogP contribution in [0, 0.1) is 22.2 Å². The van der Waals surface area contributed by atoms with Crippen molar-refractivity contribution < 1.29 is 9.59 Å². The number of hydrogen-bond donors (Lipinski definition) is 2. The van der Waals surface area contributed by atoms with Crippen LogP contribution < -0.4 is 11.1 Å². The molecule has 8 nitrogen and oxygen atoms in total. The van der Waals surface area contributed by atoms with Crippen LogP contribution in [-0.4, -0.2) is 56.7 Å². The van der Waals surface area contributed by atoms with E-state index in [0.29, 0.717) is 17.4 Å². The summed E-state index contributed by atoms with van der Waals surface area (Å²) in [4.78, 5) is 33.2. The van der Waals surface area contributed by atoms with Crippen LogP contribution in [0.15, 0.2) is 36.9 Å². The van der Waals surface area contributed by atoms with Crippen LogP contribution in [0.25, 0.3) is 0 Å². The molecule has 0 radical (unpaired) electrons. The Morgan fingerprint density at radius 3 is 2.23 bits per heavy atom. The highest BCUT2D eigenvalue weighted by Crippen LogP contribution is 2.50. The zero-order chi connectivity index (χ0) is 30.7. The molecule has 9 heteroatoms. The fourth-order valence-electron chi connectivity index (χ4n) is 8.44. The van der Waals surface area contributed by atoms with Gasteiger partial charge in [-0.25, -0.2) is 4.98 Å². The fraction of sp³-hybridized carbons (Fsp3) is 0.706. The molecule has 5 rings (SSSR count). The molecule has 1 aromatic carbocycles. The molecular formula is C34H51ClN6O2. The van der Waals surface area contributed by atoms with Gasteiger partial charge in [0.1, 0.15) is 12.7 Å². The number of nitrogens with two attached hydrogens (primary N) is 1. The van der Waals surface area contributed by atoms with E-state index >= 15 is 0 Å². The molecule has 2 heterocycles. The van der Waals surface area contributed by atoms with E-state index in [1.807, 2.05) is 35.3 Å². The van der Waals surface area contributed by atoms with Gasteiger partial charge in [-0.3, -0.25) is 14.3 Å². The summed E-state index contributed by atoms with van der Waals surface area (Å²) < 4.78 is 2.00. The molecule has 3 N–H and O–H groups in total. The van der Waals surface area contributed by atoms with Gasteiger partial charge in [-0.05, 0) is 92.2 Å². The van der Waals surface area contributed by atoms with Crippen molar-refractivity contribution in [2.45, 2.75) is 116 Å². The monoisotopic (exact) mass is 610 g/mol. The van der Waals surface area contributed by atoms with Crippen LogP contribution in [0.2, 0.25) is 5.02 Å². The maximum atomic E-state index is 14.3. The van der Waals surface area contributed by atoms with Gasteiger partial charge >= 0.3 is 0 Å². The highest BCUT2D eigenvalue weighted by molar-refractivity contribution is 6.30. The number of amides is 2. The number of rotatable bonds is 9. The topological polar surface area (TPSA) is 106 Å². The third-order valence-corrected chi connectivity index (χ3v) is 11.6. The van der Waals surface area contributed by atoms with E-state index in [2.05, 4.69) is 41.1 Å². The van der Waals surface area contributed by atoms with Gasteiger partial charge in [-0.1, -0.05) is 63.8 Å². The molecule has 1 aromatic heterocycles. The molecule has 0 unspecified atom stereocenters. The SMILES string of the molecule is CC(C)(C)[C@]1(C(N)=O)CC[C@H](N[C@H](Cc2ccc(Cl)cc2)C(=O)N2CCC(Cn3cncn3)(C3CCCCC3)CC2)CC1. The molecule has 2 saturated carbocycles. The molecule has 43 heavy (non-hydrogen) atoms. The summed E-state index contributed by atoms with van der Waals surface area (Å²) >= 11 is 6.18. The average Bonchev–Trinajstić information content (AvgIpc) is 3.51. The molecular weight excluding hydrogens is 560 g/mol. The van der Waals surface area contributed by atoms with Crippen LogP contribution in [0.5, 0.6) is 0 Å². The number of carbonyl (C=O) groups excluding carboxylic acids is 2. The smallest absolute Gasteiger partial charge is 0.240 e. The van der Waals surface area contributed by atoms with E-state index in [-0.39, 0.29) is 34.7 Å². The lowest BCUT2D eigenvalue weighted by Gasteiger charge is -2.49. The maximum Gasteiger partial charge on any atom is 0.240 e. The second-order valence-electron chi connectivity index (χ2n) is 14.6. The number of nitrogens with zero attached hydrogens (tertiary/aromatic N) is 4. The van der Waals surface area contributed by atoms with Crippen LogP contribution in [-0.2, 0) is 22.6 Å². The first kappa shape index (κ1) is 32.0. The molecule has 3 fully saturated rings. The highest BCUT2D eigenvalue weighted by Gasteiger charge is 2.49. The summed E-state index contributed by atoms with van der Waals surface area (Å²) in [7, 11) is 0. The molecule has 1 saturated heterocycles. The number of benzene rings is 1. The first-order valence-corrected chi connectivity index (χ1v) is 16.8. The van der Waals surface area contributed by atoms with Crippen molar-refractivity contribution in [1.82, 2.24) is 25.0 Å². The number of aromatic nitrogens is 3. The Morgan fingerprint density at radius 2 is 1.67 bits per heavy atom. The van der Waals surface area contributed by atoms with Gasteiger partial charge in [-0.15, -0.1) is 0 Å². The standard InChI is InChI=1S/C34H51ClN6O2/c1-32(2,3)34(31(36)43)15-13-28(14-16-34)39-29(21-25-9-11-27(35)12-10-25)30(42)40-19-17-33(18-20-40,22-41-24-37-23-38-41)26-7-5-4-6-8-26/h9-12,23-24,26,28-29,39H,4-8,13-22H2,1-3H3,(H2,36,43)/t28-,29-,34+/m1/s1. The van der Waals surface area contributed by atoms with E-state index in [0.717, 1.165) is 63.7 Å². The quantitative estimate of drug-likeness (QED) is 0.374. The van der Waals surface area contributed by atoms with Crippen molar-refractivity contribution >= 4 is 23.4 Å². The van der Waals surface area contributed by atoms with Crippen LogP contribution >= 0.6 is 11.6 Å². The van der Waals surface area contributed by atoms with E-state index in [1.165, 1.54) is 32.1 Å². The zero-order valence-electron chi connectivity index (χ0n) is 26.4. The normalized spacial score (nSPS) is 25.8. The number of primary amides is 1. The minimum absolute atomic E-state index is 0.151. The third kappa shape index (κ3) is 7.11. The number of nitrogens with one attached hydrogen (secondary N) is 1. The lowest BCUT2D eigenvalue weighted by molar-refractivity contribution is -0.140. The Labute approximate surface area is 262 Å². The largest absolute Gasteiger partial charge is 0.369 e. The van der Waals surface area contributed by atoms with Crippen molar-refractivity contribution in [2.75, 3.05) is 13.1 Å². The Kier molecular flexibility index (Phi) is 9.86. The predicted molar refractivity (Wildman–Crippen MR) is 170 cm³/mol. The summed E-state index contributed by atoms with van der Waals surface area (Å²) in [6.45, 7) is 8.76. The number of hydrogen-bond acceptors (Lipinski definition) is 5. The van der Waals surface area contributed by atoms with Crippen molar-refractivity contribution in [3.63, 3.8) is 0 Å². The molecule has 2 aromatic rings. The minimum atomic E-state index is -0.514. The van der Waals surface area contributed by atoms with Gasteiger partial charge < -0.3 is 16.0 Å². The van der Waals surface area contributed by atoms with Gasteiger partial charge in [0.25, 0.3) is 0 Å². The lowest BCUT2D eigenvalue weighted by atomic mass is 9.58. The zero-order valence-corrected chi connectivity index (χ0v) is 27.1. The highest BCUT2D eigenvalue weighted by atomic mass is 35.5. The first-order chi connectivity index (χ1) is 20.5. The number of likely N-dealkylation sites (tertiary alicyclic amines) is 1. The molecule has 236 valence electrons. The van der Waals surface area contributed by atoms with Crippen LogP contribution in [0.3, 0.4) is 0 Å². The van der Waals surface area contributed by atoms with E-state index in [9.17, 15) is 9.59 Å². The summed E-state index contributed by atoms with van der Waals surface area (Å²) in [5.74, 6) is 0.643. The van der Waals surface area contributed by atoms with Crippen molar-refractivity contribution in [3.05, 3.63) is 47.5 Å². The molecule has 2 aliphatic carbocycles. The Balaban J connectivity index is 1.30. The number of piperidine rings is 1. The summed E-state index contributed by atoms with van der Waals surface area (Å²) in [6.07, 6.45) is 15.7. The van der Waals surface area contributed by atoms with Crippen molar-refractivity contribution in [2.24, 2.45) is 27.9 Å². The molecule has 1 aliphatic heterocycles. The maximum absolute atomic E-state index is 14.3. The van der Waals surface area contributed by atoms with E-state index < -0.39 is 5.41 Å². The van der Waals surface area contributed by atoms with E-state index in [1.54, 1.807) is 6.33 Å². The number of carbonyl (C=O) groups is 2. The second-order valence-corrected chi connectivity index (χ2v) is 15.1. The predicted octanol–water partition coefficient (Wildman–Crippen LogP) is 5.78. The van der Waals surface area contributed by atoms with Gasteiger partial charge in [0.05, 0.1) is 11.5 Å². The van der Waals surface area contributed by atoms with Crippen molar-refractivity contribution in [3.8, 4) is 0 Å². The molecule has 3 aliphatic rings. The summed E-state index contributed by atoms with van der Waals surface area (Å²) in [5, 5.41) is 8.92. The van der Waals surface area contributed by atoms with Gasteiger partial charge in [0, 0.05) is 30.7 Å². The summed E-state index contributed by atoms with van der Waals surface area (Å²) in [5.41, 5.74) is 6.50. The Hall–Kier alpha value is -2.45. The Morgan fingerprint density at radius 1 is 1.02 bits per heavy atom. The lowest BCUT2D eigenvalue weighted by Crippen LogP contribution is -2.57. The van der Waals surface area contributed by atoms with Gasteiger partial charge in [0.15, 0.2) is 0 Å². The average molecular weight is 611 g/mol. The molecule has 0 bridgehead atoms. The minimum Gasteiger partial charge on any atom is -0.369 e. The molecule has 2 amide bonds. The fourth-order valence-corrected chi connectivity index (χ4v) is 8.57. The van der Waals surface area contributed by atoms with Gasteiger partial charge in [0.2, 0.25) is 11.8 Å². The second kappa shape index (κ2) is 13.3. The third-order valence-electron chi connectivity index (χ3n) is 11.3. The number of halogens is 1.